The van der Waals surface area contributed by atoms with Gasteiger partial charge in [-0.25, -0.2) is 4.79 Å². The zero-order chi connectivity index (χ0) is 19.6. The van der Waals surface area contributed by atoms with E-state index < -0.39 is 29.9 Å². The third-order valence-corrected chi connectivity index (χ3v) is 4.48. The third kappa shape index (κ3) is 3.57. The minimum Gasteiger partial charge on any atom is -0.325 e. The SMILES string of the molecule is CC(=O)c1cccc(NC(=O)CN2C(=O)N[C@](C)(c3ccccc3)C2=O)c1. The average molecular weight is 365 g/mol. The monoisotopic (exact) mass is 365 g/mol. The average Bonchev–Trinajstić information content (AvgIpc) is 2.87. The highest BCUT2D eigenvalue weighted by atomic mass is 16.2. The van der Waals surface area contributed by atoms with E-state index in [1.54, 1.807) is 55.5 Å². The van der Waals surface area contributed by atoms with Gasteiger partial charge in [0.25, 0.3) is 5.91 Å². The second-order valence-corrected chi connectivity index (χ2v) is 6.50. The van der Waals surface area contributed by atoms with Crippen LogP contribution < -0.4 is 10.6 Å². The number of rotatable bonds is 5. The molecule has 2 aromatic carbocycles. The van der Waals surface area contributed by atoms with Gasteiger partial charge in [-0.15, -0.1) is 0 Å². The summed E-state index contributed by atoms with van der Waals surface area (Å²) < 4.78 is 0. The molecule has 0 aliphatic carbocycles. The van der Waals surface area contributed by atoms with Crippen LogP contribution in [0.3, 0.4) is 0 Å². The highest BCUT2D eigenvalue weighted by Crippen LogP contribution is 2.28. The molecule has 27 heavy (non-hydrogen) atoms. The molecule has 2 aromatic rings. The van der Waals surface area contributed by atoms with Crippen LogP contribution in [0.25, 0.3) is 0 Å². The molecule has 1 atom stereocenters. The van der Waals surface area contributed by atoms with E-state index in [0.717, 1.165) is 4.90 Å². The van der Waals surface area contributed by atoms with Crippen molar-refractivity contribution in [3.8, 4) is 0 Å². The van der Waals surface area contributed by atoms with E-state index in [1.807, 2.05) is 6.07 Å². The van der Waals surface area contributed by atoms with Crippen LogP contribution >= 0.6 is 0 Å². The van der Waals surface area contributed by atoms with Crippen LogP contribution in [0.4, 0.5) is 10.5 Å². The van der Waals surface area contributed by atoms with Crippen molar-refractivity contribution in [3.63, 3.8) is 0 Å². The summed E-state index contributed by atoms with van der Waals surface area (Å²) >= 11 is 0. The maximum absolute atomic E-state index is 12.8. The van der Waals surface area contributed by atoms with Crippen LogP contribution in [-0.4, -0.2) is 35.1 Å². The van der Waals surface area contributed by atoms with Gasteiger partial charge < -0.3 is 10.6 Å². The summed E-state index contributed by atoms with van der Waals surface area (Å²) in [4.78, 5) is 49.7. The Morgan fingerprint density at radius 1 is 1.07 bits per heavy atom. The second-order valence-electron chi connectivity index (χ2n) is 6.50. The maximum Gasteiger partial charge on any atom is 0.325 e. The second kappa shape index (κ2) is 7.03. The number of ketones is 1. The Morgan fingerprint density at radius 2 is 1.78 bits per heavy atom. The van der Waals surface area contributed by atoms with Gasteiger partial charge in [-0.1, -0.05) is 42.5 Å². The number of urea groups is 1. The van der Waals surface area contributed by atoms with E-state index in [4.69, 9.17) is 0 Å². The van der Waals surface area contributed by atoms with Crippen LogP contribution in [0.5, 0.6) is 0 Å². The molecule has 7 nitrogen and oxygen atoms in total. The summed E-state index contributed by atoms with van der Waals surface area (Å²) in [6.45, 7) is 2.62. The smallest absolute Gasteiger partial charge is 0.325 e. The number of imide groups is 1. The molecule has 1 aliphatic heterocycles. The van der Waals surface area contributed by atoms with Crippen molar-refractivity contribution in [2.45, 2.75) is 19.4 Å². The first kappa shape index (κ1) is 18.3. The Kier molecular flexibility index (Phi) is 4.77. The molecule has 1 fully saturated rings. The molecule has 0 spiro atoms. The number of hydrogen-bond acceptors (Lipinski definition) is 4. The van der Waals surface area contributed by atoms with E-state index in [9.17, 15) is 19.2 Å². The van der Waals surface area contributed by atoms with Gasteiger partial charge in [-0.2, -0.15) is 0 Å². The fourth-order valence-corrected chi connectivity index (χ4v) is 2.97. The van der Waals surface area contributed by atoms with Crippen molar-refractivity contribution in [1.29, 1.82) is 0 Å². The van der Waals surface area contributed by atoms with Crippen molar-refractivity contribution in [3.05, 3.63) is 65.7 Å². The largest absolute Gasteiger partial charge is 0.325 e. The van der Waals surface area contributed by atoms with Crippen molar-refractivity contribution >= 4 is 29.3 Å². The van der Waals surface area contributed by atoms with Crippen molar-refractivity contribution in [1.82, 2.24) is 10.2 Å². The zero-order valence-electron chi connectivity index (χ0n) is 15.0. The fourth-order valence-electron chi connectivity index (χ4n) is 2.97. The molecule has 3 rings (SSSR count). The molecule has 1 aliphatic rings. The lowest BCUT2D eigenvalue weighted by Crippen LogP contribution is -2.42. The standard InChI is InChI=1S/C20H19N3O4/c1-13(24)14-7-6-10-16(11-14)21-17(25)12-23-18(26)20(2,22-19(23)27)15-8-4-3-5-9-15/h3-11H,12H2,1-2H3,(H,21,25)(H,22,27)/t20-/m1/s1. The number of nitrogens with zero attached hydrogens (tertiary/aromatic N) is 1. The molecule has 4 amide bonds. The van der Waals surface area contributed by atoms with Gasteiger partial charge in [0.1, 0.15) is 12.1 Å². The number of nitrogens with one attached hydrogen (secondary N) is 2. The molecule has 0 unspecified atom stereocenters. The minimum absolute atomic E-state index is 0.126. The van der Waals surface area contributed by atoms with Gasteiger partial charge >= 0.3 is 6.03 Å². The lowest BCUT2D eigenvalue weighted by molar-refractivity contribution is -0.133. The minimum atomic E-state index is -1.22. The number of carbonyl (C=O) groups excluding carboxylic acids is 4. The van der Waals surface area contributed by atoms with E-state index in [0.29, 0.717) is 16.8 Å². The highest BCUT2D eigenvalue weighted by Gasteiger charge is 2.49. The predicted octanol–water partition coefficient (Wildman–Crippen LogP) is 2.29. The number of amides is 4. The lowest BCUT2D eigenvalue weighted by Gasteiger charge is -2.22. The van der Waals surface area contributed by atoms with Gasteiger partial charge in [0.05, 0.1) is 0 Å². The Balaban J connectivity index is 1.73. The van der Waals surface area contributed by atoms with Crippen molar-refractivity contribution < 1.29 is 19.2 Å². The Morgan fingerprint density at radius 3 is 2.44 bits per heavy atom. The van der Waals surface area contributed by atoms with Crippen LogP contribution in [0, 0.1) is 0 Å². The maximum atomic E-state index is 12.8. The lowest BCUT2D eigenvalue weighted by atomic mass is 9.92. The molecule has 0 aromatic heterocycles. The van der Waals surface area contributed by atoms with Crippen LogP contribution in [0.15, 0.2) is 54.6 Å². The number of Topliss-reactive ketones (excluding diaryl/α,β-unsaturated/α-hetero) is 1. The van der Waals surface area contributed by atoms with Gasteiger partial charge in [0.2, 0.25) is 5.91 Å². The van der Waals surface area contributed by atoms with E-state index >= 15 is 0 Å². The Labute approximate surface area is 156 Å². The summed E-state index contributed by atoms with van der Waals surface area (Å²) in [5.41, 5.74) is 0.304. The molecule has 0 radical (unpaired) electrons. The Bertz CT molecular complexity index is 926. The predicted molar refractivity (Wildman–Crippen MR) is 99.1 cm³/mol. The Hall–Kier alpha value is -3.48. The summed E-state index contributed by atoms with van der Waals surface area (Å²) in [6.07, 6.45) is 0. The third-order valence-electron chi connectivity index (χ3n) is 4.48. The van der Waals surface area contributed by atoms with Crippen LogP contribution in [0.2, 0.25) is 0 Å². The van der Waals surface area contributed by atoms with E-state index in [1.165, 1.54) is 6.92 Å². The van der Waals surface area contributed by atoms with E-state index in [-0.39, 0.29) is 5.78 Å². The molecule has 1 heterocycles. The number of hydrogen-bond donors (Lipinski definition) is 2. The summed E-state index contributed by atoms with van der Waals surface area (Å²) in [7, 11) is 0. The van der Waals surface area contributed by atoms with Crippen molar-refractivity contribution in [2.24, 2.45) is 0 Å². The van der Waals surface area contributed by atoms with Crippen molar-refractivity contribution in [2.75, 3.05) is 11.9 Å². The quantitative estimate of drug-likeness (QED) is 0.628. The number of benzene rings is 2. The summed E-state index contributed by atoms with van der Waals surface area (Å²) in [5.74, 6) is -1.15. The van der Waals surface area contributed by atoms with Gasteiger partial charge in [-0.3, -0.25) is 19.3 Å². The molecule has 2 N–H and O–H groups in total. The molecule has 0 bridgehead atoms. The van der Waals surface area contributed by atoms with Crippen LogP contribution in [-0.2, 0) is 15.1 Å². The topological polar surface area (TPSA) is 95.6 Å². The first-order chi connectivity index (χ1) is 12.8. The van der Waals surface area contributed by atoms with Crippen LogP contribution in [0.1, 0.15) is 29.8 Å². The fraction of sp³-hybridized carbons (Fsp3) is 0.200. The molecule has 0 saturated carbocycles. The summed E-state index contributed by atoms with van der Waals surface area (Å²) in [6, 6.07) is 14.7. The highest BCUT2D eigenvalue weighted by molar-refractivity contribution is 6.10. The number of carbonyl (C=O) groups is 4. The summed E-state index contributed by atoms with van der Waals surface area (Å²) in [5, 5.41) is 5.26. The van der Waals surface area contributed by atoms with E-state index in [2.05, 4.69) is 10.6 Å². The first-order valence-corrected chi connectivity index (χ1v) is 8.42. The first-order valence-electron chi connectivity index (χ1n) is 8.42. The molecule has 7 heteroatoms. The number of anilines is 1. The van der Waals surface area contributed by atoms with Gasteiger partial charge in [0, 0.05) is 11.3 Å². The molecule has 1 saturated heterocycles. The molecular formula is C20H19N3O4. The zero-order valence-corrected chi connectivity index (χ0v) is 15.0. The molecule has 138 valence electrons. The van der Waals surface area contributed by atoms with Gasteiger partial charge in [0.15, 0.2) is 5.78 Å². The normalized spacial score (nSPS) is 19.0. The molecular weight excluding hydrogens is 346 g/mol. The van der Waals surface area contributed by atoms with Gasteiger partial charge in [-0.05, 0) is 31.5 Å².